The molecule has 0 radical (unpaired) electrons. The van der Waals surface area contributed by atoms with E-state index in [1.165, 1.54) is 5.56 Å². The van der Waals surface area contributed by atoms with Crippen LogP contribution in [0.4, 0.5) is 0 Å². The highest BCUT2D eigenvalue weighted by atomic mass is 35.5. The third kappa shape index (κ3) is 3.74. The molecule has 0 aliphatic heterocycles. The van der Waals surface area contributed by atoms with E-state index in [0.29, 0.717) is 5.02 Å². The van der Waals surface area contributed by atoms with Gasteiger partial charge in [0.2, 0.25) is 0 Å². The Morgan fingerprint density at radius 2 is 1.83 bits per heavy atom. The van der Waals surface area contributed by atoms with Gasteiger partial charge >= 0.3 is 0 Å². The zero-order valence-corrected chi connectivity index (χ0v) is 15.1. The first-order valence-corrected chi connectivity index (χ1v) is 8.95. The summed E-state index contributed by atoms with van der Waals surface area (Å²) in [5.74, 6) is 2.59. The lowest BCUT2D eigenvalue weighted by molar-refractivity contribution is 0.414. The molecule has 0 unspecified atom stereocenters. The number of nitrogens with zero attached hydrogens (tertiary/aromatic N) is 3. The van der Waals surface area contributed by atoms with Crippen molar-refractivity contribution in [1.82, 2.24) is 14.8 Å². The highest BCUT2D eigenvalue weighted by Gasteiger charge is 2.13. The number of hydrogen-bond acceptors (Lipinski definition) is 4. The summed E-state index contributed by atoms with van der Waals surface area (Å²) in [5, 5.41) is 10.1. The van der Waals surface area contributed by atoms with Crippen molar-refractivity contribution in [2.75, 3.05) is 12.9 Å². The molecule has 0 aliphatic rings. The van der Waals surface area contributed by atoms with E-state index in [0.717, 1.165) is 34.5 Å². The van der Waals surface area contributed by atoms with Gasteiger partial charge in [0.05, 0.1) is 12.1 Å². The molecule has 124 valence electrons. The van der Waals surface area contributed by atoms with Gasteiger partial charge in [-0.15, -0.1) is 10.2 Å². The van der Waals surface area contributed by atoms with Crippen molar-refractivity contribution in [3.63, 3.8) is 0 Å². The Labute approximate surface area is 150 Å². The Balaban J connectivity index is 1.65. The second kappa shape index (κ2) is 7.73. The van der Waals surface area contributed by atoms with Crippen molar-refractivity contribution in [3.05, 3.63) is 59.1 Å². The van der Waals surface area contributed by atoms with Crippen molar-refractivity contribution >= 4 is 23.4 Å². The topological polar surface area (TPSA) is 39.9 Å². The van der Waals surface area contributed by atoms with Crippen LogP contribution in [0.1, 0.15) is 5.56 Å². The summed E-state index contributed by atoms with van der Waals surface area (Å²) in [5.41, 5.74) is 2.17. The van der Waals surface area contributed by atoms with Crippen LogP contribution in [0.25, 0.3) is 11.4 Å². The second-order valence-corrected chi connectivity index (χ2v) is 6.76. The normalized spacial score (nSPS) is 10.8. The molecule has 0 fully saturated rings. The van der Waals surface area contributed by atoms with Gasteiger partial charge in [0, 0.05) is 18.4 Å². The van der Waals surface area contributed by atoms with Crippen molar-refractivity contribution < 1.29 is 4.74 Å². The molecule has 3 aromatic rings. The summed E-state index contributed by atoms with van der Waals surface area (Å²) >= 11 is 7.94. The molecule has 24 heavy (non-hydrogen) atoms. The van der Waals surface area contributed by atoms with Gasteiger partial charge in [-0.25, -0.2) is 0 Å². The minimum atomic E-state index is 0.683. The van der Waals surface area contributed by atoms with Crippen molar-refractivity contribution in [3.8, 4) is 17.1 Å². The number of thioether (sulfide) groups is 1. The Kier molecular flexibility index (Phi) is 5.43. The molecule has 4 nitrogen and oxygen atoms in total. The van der Waals surface area contributed by atoms with Crippen LogP contribution >= 0.6 is 23.4 Å². The zero-order valence-electron chi connectivity index (χ0n) is 13.6. The standard InChI is InChI=1S/C18H18ClN3OS/c1-22-17(15-5-3-4-6-16(15)19)20-21-18(22)24-12-11-13-7-9-14(23-2)10-8-13/h3-10H,11-12H2,1-2H3. The molecule has 0 aliphatic carbocycles. The van der Waals surface area contributed by atoms with Crippen LogP contribution in [0, 0.1) is 0 Å². The molecule has 6 heteroatoms. The fraction of sp³-hybridized carbons (Fsp3) is 0.222. The quantitative estimate of drug-likeness (QED) is 0.608. The van der Waals surface area contributed by atoms with Crippen LogP contribution in [0.2, 0.25) is 5.02 Å². The van der Waals surface area contributed by atoms with Crippen molar-refractivity contribution in [2.24, 2.45) is 7.05 Å². The molecule has 0 saturated heterocycles. The van der Waals surface area contributed by atoms with Gasteiger partial charge in [-0.3, -0.25) is 0 Å². The maximum Gasteiger partial charge on any atom is 0.191 e. The second-order valence-electron chi connectivity index (χ2n) is 5.29. The first-order valence-electron chi connectivity index (χ1n) is 7.59. The Bertz CT molecular complexity index is 817. The van der Waals surface area contributed by atoms with Crippen LogP contribution < -0.4 is 4.74 Å². The number of halogens is 1. The molecule has 0 N–H and O–H groups in total. The summed E-state index contributed by atoms with van der Waals surface area (Å²) < 4.78 is 7.16. The Morgan fingerprint density at radius 1 is 1.08 bits per heavy atom. The molecular weight excluding hydrogens is 342 g/mol. The smallest absolute Gasteiger partial charge is 0.191 e. The summed E-state index contributed by atoms with van der Waals surface area (Å²) in [6.45, 7) is 0. The summed E-state index contributed by atoms with van der Waals surface area (Å²) in [6, 6.07) is 15.8. The molecule has 3 rings (SSSR count). The van der Waals surface area contributed by atoms with Crippen molar-refractivity contribution in [2.45, 2.75) is 11.6 Å². The van der Waals surface area contributed by atoms with E-state index in [-0.39, 0.29) is 0 Å². The lowest BCUT2D eigenvalue weighted by Crippen LogP contribution is -1.97. The van der Waals surface area contributed by atoms with E-state index in [9.17, 15) is 0 Å². The average molecular weight is 360 g/mol. The van der Waals surface area contributed by atoms with E-state index < -0.39 is 0 Å². The zero-order chi connectivity index (χ0) is 16.9. The van der Waals surface area contributed by atoms with Gasteiger partial charge in [0.15, 0.2) is 11.0 Å². The van der Waals surface area contributed by atoms with E-state index in [4.69, 9.17) is 16.3 Å². The maximum absolute atomic E-state index is 6.25. The van der Waals surface area contributed by atoms with Gasteiger partial charge in [-0.1, -0.05) is 47.6 Å². The predicted molar refractivity (Wildman–Crippen MR) is 98.9 cm³/mol. The summed E-state index contributed by atoms with van der Waals surface area (Å²) in [7, 11) is 3.64. The highest BCUT2D eigenvalue weighted by molar-refractivity contribution is 7.99. The number of benzene rings is 2. The molecule has 2 aromatic carbocycles. The highest BCUT2D eigenvalue weighted by Crippen LogP contribution is 2.28. The first-order chi connectivity index (χ1) is 11.7. The molecule has 0 atom stereocenters. The SMILES string of the molecule is COc1ccc(CCSc2nnc(-c3ccccc3Cl)n2C)cc1. The van der Waals surface area contributed by atoms with Crippen LogP contribution in [-0.4, -0.2) is 27.6 Å². The maximum atomic E-state index is 6.25. The van der Waals surface area contributed by atoms with Gasteiger partial charge in [-0.05, 0) is 36.2 Å². The fourth-order valence-electron chi connectivity index (χ4n) is 2.37. The fourth-order valence-corrected chi connectivity index (χ4v) is 3.49. The van der Waals surface area contributed by atoms with Crippen LogP contribution in [-0.2, 0) is 13.5 Å². The average Bonchev–Trinajstić information content (AvgIpc) is 2.97. The number of hydrogen-bond donors (Lipinski definition) is 0. The third-order valence-corrected chi connectivity index (χ3v) is 5.08. The van der Waals surface area contributed by atoms with Gasteiger partial charge in [0.1, 0.15) is 5.75 Å². The van der Waals surface area contributed by atoms with Gasteiger partial charge in [0.25, 0.3) is 0 Å². The van der Waals surface area contributed by atoms with Crippen LogP contribution in [0.3, 0.4) is 0 Å². The molecule has 0 spiro atoms. The summed E-state index contributed by atoms with van der Waals surface area (Å²) in [6.07, 6.45) is 0.961. The molecule has 0 saturated carbocycles. The molecule has 1 aromatic heterocycles. The molecule has 0 bridgehead atoms. The minimum Gasteiger partial charge on any atom is -0.497 e. The summed E-state index contributed by atoms with van der Waals surface area (Å²) in [4.78, 5) is 0. The number of ether oxygens (including phenoxy) is 1. The number of aromatic nitrogens is 3. The number of aryl methyl sites for hydroxylation is 1. The molecule has 1 heterocycles. The minimum absolute atomic E-state index is 0.683. The monoisotopic (exact) mass is 359 g/mol. The Morgan fingerprint density at radius 3 is 2.54 bits per heavy atom. The van der Waals surface area contributed by atoms with E-state index >= 15 is 0 Å². The van der Waals surface area contributed by atoms with Crippen LogP contribution in [0.15, 0.2) is 53.7 Å². The molecule has 0 amide bonds. The first kappa shape index (κ1) is 16.9. The molecular formula is C18H18ClN3OS. The number of rotatable bonds is 6. The van der Waals surface area contributed by atoms with Gasteiger partial charge < -0.3 is 9.30 Å². The van der Waals surface area contributed by atoms with E-state index in [1.807, 2.05) is 48.0 Å². The Hall–Kier alpha value is -1.98. The van der Waals surface area contributed by atoms with Crippen molar-refractivity contribution in [1.29, 1.82) is 0 Å². The van der Waals surface area contributed by atoms with Gasteiger partial charge in [-0.2, -0.15) is 0 Å². The van der Waals surface area contributed by atoms with Crippen LogP contribution in [0.5, 0.6) is 5.75 Å². The largest absolute Gasteiger partial charge is 0.497 e. The van der Waals surface area contributed by atoms with E-state index in [2.05, 4.69) is 22.3 Å². The number of methoxy groups -OCH3 is 1. The predicted octanol–water partition coefficient (Wildman–Crippen LogP) is 4.48. The lowest BCUT2D eigenvalue weighted by atomic mass is 10.2. The lowest BCUT2D eigenvalue weighted by Gasteiger charge is -2.06. The third-order valence-electron chi connectivity index (χ3n) is 3.73. The van der Waals surface area contributed by atoms with E-state index in [1.54, 1.807) is 18.9 Å².